The third-order valence-electron chi connectivity index (χ3n) is 6.07. The summed E-state index contributed by atoms with van der Waals surface area (Å²) in [6.45, 7) is 0.677. The Hall–Kier alpha value is -3.75. The zero-order chi connectivity index (χ0) is 25.8. The highest BCUT2D eigenvalue weighted by Gasteiger charge is 2.40. The van der Waals surface area contributed by atoms with Gasteiger partial charge in [-0.25, -0.2) is 8.78 Å². The van der Waals surface area contributed by atoms with Gasteiger partial charge >= 0.3 is 0 Å². The molecule has 0 radical (unpaired) electrons. The lowest BCUT2D eigenvalue weighted by Gasteiger charge is -2.20. The summed E-state index contributed by atoms with van der Waals surface area (Å²) in [5.74, 6) is -3.69. The molecule has 1 heterocycles. The van der Waals surface area contributed by atoms with Crippen LogP contribution in [0.25, 0.3) is 6.08 Å². The SMILES string of the molecule is CN1CC(C(=O)Nc2ccc(Cl)cc2)C(c2c(F)cc(C=CC(=O)Nc3ccccc3N)cc2F)C1. The van der Waals surface area contributed by atoms with Gasteiger partial charge in [-0.15, -0.1) is 0 Å². The molecule has 0 spiro atoms. The van der Waals surface area contributed by atoms with Crippen LogP contribution < -0.4 is 16.4 Å². The number of likely N-dealkylation sites (N-methyl/N-ethyl adjacent to an activating group) is 1. The Morgan fingerprint density at radius 2 is 1.69 bits per heavy atom. The maximum Gasteiger partial charge on any atom is 0.248 e. The number of nitrogens with one attached hydrogen (secondary N) is 2. The maximum atomic E-state index is 15.2. The Bertz CT molecular complexity index is 1290. The monoisotopic (exact) mass is 510 g/mol. The standard InChI is InChI=1S/C27H25ClF2N4O2/c1-34-14-19(20(15-34)27(36)32-18-9-7-17(28)8-10-18)26-21(29)12-16(13-22(26)30)6-11-25(35)33-24-5-3-2-4-23(24)31/h2-13,19-20H,14-15,31H2,1H3,(H,32,36)(H,33,35). The topological polar surface area (TPSA) is 87.5 Å². The van der Waals surface area contributed by atoms with E-state index < -0.39 is 29.4 Å². The molecule has 2 atom stereocenters. The van der Waals surface area contributed by atoms with E-state index in [0.717, 1.165) is 12.1 Å². The number of amides is 2. The van der Waals surface area contributed by atoms with E-state index in [1.54, 1.807) is 55.6 Å². The first-order chi connectivity index (χ1) is 17.2. The van der Waals surface area contributed by atoms with E-state index in [1.165, 1.54) is 12.2 Å². The van der Waals surface area contributed by atoms with Crippen LogP contribution in [-0.2, 0) is 9.59 Å². The quantitative estimate of drug-likeness (QED) is 0.317. The van der Waals surface area contributed by atoms with Gasteiger partial charge in [-0.2, -0.15) is 0 Å². The van der Waals surface area contributed by atoms with Crippen LogP contribution >= 0.6 is 11.6 Å². The van der Waals surface area contributed by atoms with Crippen LogP contribution in [0, 0.1) is 17.6 Å². The fraction of sp³-hybridized carbons (Fsp3) is 0.185. The number of para-hydroxylation sites is 2. The molecule has 4 N–H and O–H groups in total. The summed E-state index contributed by atoms with van der Waals surface area (Å²) in [5, 5.41) is 5.95. The molecule has 3 aromatic carbocycles. The Kier molecular flexibility index (Phi) is 7.67. The number of nitrogens with two attached hydrogens (primary N) is 1. The van der Waals surface area contributed by atoms with Crippen molar-refractivity contribution in [3.05, 3.63) is 94.5 Å². The molecule has 0 aromatic heterocycles. The van der Waals surface area contributed by atoms with Crippen LogP contribution in [0.1, 0.15) is 17.0 Å². The molecule has 2 unspecified atom stereocenters. The minimum atomic E-state index is -0.771. The van der Waals surface area contributed by atoms with Crippen molar-refractivity contribution in [3.63, 3.8) is 0 Å². The number of hydrogen-bond donors (Lipinski definition) is 3. The number of likely N-dealkylation sites (tertiary alicyclic amines) is 1. The minimum absolute atomic E-state index is 0.144. The molecule has 1 fully saturated rings. The van der Waals surface area contributed by atoms with Crippen molar-refractivity contribution in [1.82, 2.24) is 4.90 Å². The van der Waals surface area contributed by atoms with Gasteiger partial charge in [-0.3, -0.25) is 9.59 Å². The third-order valence-corrected chi connectivity index (χ3v) is 6.32. The van der Waals surface area contributed by atoms with Crippen LogP contribution in [0.15, 0.2) is 66.7 Å². The summed E-state index contributed by atoms with van der Waals surface area (Å²) in [7, 11) is 1.80. The second-order valence-corrected chi connectivity index (χ2v) is 9.17. The Balaban J connectivity index is 1.50. The Labute approximate surface area is 212 Å². The number of carbonyl (C=O) groups is 2. The van der Waals surface area contributed by atoms with Crippen LogP contribution in [0.3, 0.4) is 0 Å². The number of anilines is 3. The summed E-state index contributed by atoms with van der Waals surface area (Å²) in [6, 6.07) is 15.7. The lowest BCUT2D eigenvalue weighted by molar-refractivity contribution is -0.120. The molecule has 1 saturated heterocycles. The fourth-order valence-corrected chi connectivity index (χ4v) is 4.46. The molecule has 2 amide bonds. The number of rotatable bonds is 6. The molecule has 0 saturated carbocycles. The average Bonchev–Trinajstić information content (AvgIpc) is 3.21. The van der Waals surface area contributed by atoms with Gasteiger partial charge in [-0.1, -0.05) is 23.7 Å². The number of nitrogens with zero attached hydrogens (tertiary/aromatic N) is 1. The molecular weight excluding hydrogens is 486 g/mol. The van der Waals surface area contributed by atoms with E-state index in [4.69, 9.17) is 17.3 Å². The second kappa shape index (κ2) is 10.9. The molecule has 3 aromatic rings. The predicted molar refractivity (Wildman–Crippen MR) is 139 cm³/mol. The first kappa shape index (κ1) is 25.3. The van der Waals surface area contributed by atoms with Crippen molar-refractivity contribution in [2.24, 2.45) is 5.92 Å². The van der Waals surface area contributed by atoms with Crippen molar-refractivity contribution in [3.8, 4) is 0 Å². The maximum absolute atomic E-state index is 15.2. The number of nitrogen functional groups attached to an aromatic ring is 1. The molecule has 0 aliphatic carbocycles. The zero-order valence-corrected chi connectivity index (χ0v) is 20.2. The largest absolute Gasteiger partial charge is 0.397 e. The summed E-state index contributed by atoms with van der Waals surface area (Å²) in [6.07, 6.45) is 2.49. The van der Waals surface area contributed by atoms with Crippen molar-refractivity contribution in [1.29, 1.82) is 0 Å². The van der Waals surface area contributed by atoms with E-state index in [0.29, 0.717) is 35.2 Å². The van der Waals surface area contributed by atoms with Crippen LogP contribution in [0.2, 0.25) is 5.02 Å². The van der Waals surface area contributed by atoms with E-state index >= 15 is 8.78 Å². The van der Waals surface area contributed by atoms with Gasteiger partial charge in [0.1, 0.15) is 11.6 Å². The molecule has 6 nitrogen and oxygen atoms in total. The molecule has 4 rings (SSSR count). The van der Waals surface area contributed by atoms with Crippen molar-refractivity contribution in [2.45, 2.75) is 5.92 Å². The van der Waals surface area contributed by atoms with Crippen molar-refractivity contribution in [2.75, 3.05) is 36.5 Å². The van der Waals surface area contributed by atoms with Gasteiger partial charge in [0.15, 0.2) is 0 Å². The van der Waals surface area contributed by atoms with Gasteiger partial charge in [0.25, 0.3) is 0 Å². The van der Waals surface area contributed by atoms with Gasteiger partial charge in [0.05, 0.1) is 17.3 Å². The first-order valence-corrected chi connectivity index (χ1v) is 11.7. The Morgan fingerprint density at radius 1 is 1.03 bits per heavy atom. The van der Waals surface area contributed by atoms with Gasteiger partial charge in [0, 0.05) is 41.4 Å². The molecule has 1 aliphatic rings. The smallest absolute Gasteiger partial charge is 0.248 e. The lowest BCUT2D eigenvalue weighted by atomic mass is 9.87. The van der Waals surface area contributed by atoms with Gasteiger partial charge in [-0.05, 0) is 67.2 Å². The Morgan fingerprint density at radius 3 is 2.36 bits per heavy atom. The van der Waals surface area contributed by atoms with Crippen LogP contribution in [0.4, 0.5) is 25.8 Å². The van der Waals surface area contributed by atoms with E-state index in [9.17, 15) is 9.59 Å². The summed E-state index contributed by atoms with van der Waals surface area (Å²) < 4.78 is 30.3. The first-order valence-electron chi connectivity index (χ1n) is 11.3. The van der Waals surface area contributed by atoms with Crippen molar-refractivity contribution < 1.29 is 18.4 Å². The predicted octanol–water partition coefficient (Wildman–Crippen LogP) is 5.14. The van der Waals surface area contributed by atoms with Crippen LogP contribution in [-0.4, -0.2) is 36.9 Å². The van der Waals surface area contributed by atoms with E-state index in [2.05, 4.69) is 10.6 Å². The minimum Gasteiger partial charge on any atom is -0.397 e. The van der Waals surface area contributed by atoms with Crippen LogP contribution in [0.5, 0.6) is 0 Å². The molecule has 9 heteroatoms. The fourth-order valence-electron chi connectivity index (χ4n) is 4.34. The number of benzene rings is 3. The molecule has 36 heavy (non-hydrogen) atoms. The summed E-state index contributed by atoms with van der Waals surface area (Å²) in [4.78, 5) is 27.1. The normalized spacial score (nSPS) is 17.9. The van der Waals surface area contributed by atoms with E-state index in [1.807, 2.05) is 4.90 Å². The molecular formula is C27H25ClF2N4O2. The van der Waals surface area contributed by atoms with Gasteiger partial charge in [0.2, 0.25) is 11.8 Å². The highest BCUT2D eigenvalue weighted by molar-refractivity contribution is 6.30. The summed E-state index contributed by atoms with van der Waals surface area (Å²) in [5.41, 5.74) is 7.23. The average molecular weight is 511 g/mol. The van der Waals surface area contributed by atoms with Gasteiger partial charge < -0.3 is 21.3 Å². The van der Waals surface area contributed by atoms with E-state index in [-0.39, 0.29) is 17.0 Å². The number of carbonyl (C=O) groups excluding carboxylic acids is 2. The van der Waals surface area contributed by atoms with Crippen molar-refractivity contribution >= 4 is 46.6 Å². The molecule has 1 aliphatic heterocycles. The highest BCUT2D eigenvalue weighted by atomic mass is 35.5. The highest BCUT2D eigenvalue weighted by Crippen LogP contribution is 2.36. The zero-order valence-electron chi connectivity index (χ0n) is 19.5. The number of hydrogen-bond acceptors (Lipinski definition) is 4. The second-order valence-electron chi connectivity index (χ2n) is 8.74. The molecule has 186 valence electrons. The lowest BCUT2D eigenvalue weighted by Crippen LogP contribution is -2.29. The summed E-state index contributed by atoms with van der Waals surface area (Å²) >= 11 is 5.89. The number of halogens is 3. The third kappa shape index (κ3) is 5.90. The molecule has 0 bridgehead atoms.